The van der Waals surface area contributed by atoms with Gasteiger partial charge in [0.2, 0.25) is 11.8 Å². The molecule has 184 valence electrons. The predicted octanol–water partition coefficient (Wildman–Crippen LogP) is 6.41. The average Bonchev–Trinajstić information content (AvgIpc) is 3.37. The molecule has 0 saturated carbocycles. The quantitative estimate of drug-likeness (QED) is 0.284. The number of aromatic nitrogens is 1. The predicted molar refractivity (Wildman–Crippen MR) is 141 cm³/mol. The third kappa shape index (κ3) is 6.69. The minimum absolute atomic E-state index is 0.0612. The number of rotatable bonds is 10. The van der Waals surface area contributed by atoms with Gasteiger partial charge in [-0.3, -0.25) is 9.59 Å². The normalized spacial score (nSPS) is 11.6. The number of hydrogen-bond donors (Lipinski definition) is 1. The highest BCUT2D eigenvalue weighted by molar-refractivity contribution is 5.88. The van der Waals surface area contributed by atoms with Crippen LogP contribution in [0.4, 0.5) is 5.69 Å². The number of hydrogen-bond acceptors (Lipinski definition) is 4. The van der Waals surface area contributed by atoms with E-state index in [2.05, 4.69) is 10.3 Å². The Labute approximate surface area is 212 Å². The summed E-state index contributed by atoms with van der Waals surface area (Å²) in [6.07, 6.45) is 3.34. The zero-order valence-electron chi connectivity index (χ0n) is 20.7. The summed E-state index contributed by atoms with van der Waals surface area (Å²) in [4.78, 5) is 31.2. The highest BCUT2D eigenvalue weighted by Gasteiger charge is 2.22. The van der Waals surface area contributed by atoms with Crippen LogP contribution >= 0.6 is 0 Å². The van der Waals surface area contributed by atoms with Crippen molar-refractivity contribution in [1.82, 2.24) is 9.88 Å². The van der Waals surface area contributed by atoms with Crippen molar-refractivity contribution in [3.05, 3.63) is 108 Å². The van der Waals surface area contributed by atoms with E-state index in [-0.39, 0.29) is 17.9 Å². The molecule has 4 rings (SSSR count). The second-order valence-corrected chi connectivity index (χ2v) is 8.83. The van der Waals surface area contributed by atoms with Gasteiger partial charge in [-0.1, -0.05) is 72.8 Å². The lowest BCUT2D eigenvalue weighted by molar-refractivity contribution is -0.134. The van der Waals surface area contributed by atoms with Crippen molar-refractivity contribution in [2.24, 2.45) is 0 Å². The van der Waals surface area contributed by atoms with Crippen molar-refractivity contribution in [2.45, 2.75) is 45.7 Å². The van der Waals surface area contributed by atoms with Crippen molar-refractivity contribution in [3.8, 4) is 11.3 Å². The van der Waals surface area contributed by atoms with Crippen LogP contribution in [0.3, 0.4) is 0 Å². The molecular formula is C30H31N3O3. The van der Waals surface area contributed by atoms with Gasteiger partial charge in [0.15, 0.2) is 11.7 Å². The molecule has 1 heterocycles. The first-order chi connectivity index (χ1) is 17.5. The molecule has 1 unspecified atom stereocenters. The van der Waals surface area contributed by atoms with Crippen LogP contribution in [0, 0.1) is 0 Å². The molecule has 4 aromatic rings. The van der Waals surface area contributed by atoms with E-state index in [9.17, 15) is 9.59 Å². The first-order valence-corrected chi connectivity index (χ1v) is 12.2. The topological polar surface area (TPSA) is 75.4 Å². The number of carbonyl (C=O) groups excluding carboxylic acids is 2. The first-order valence-electron chi connectivity index (χ1n) is 12.2. The maximum Gasteiger partial charge on any atom is 0.223 e. The van der Waals surface area contributed by atoms with Crippen molar-refractivity contribution in [1.29, 1.82) is 0 Å². The molecule has 0 fully saturated rings. The summed E-state index contributed by atoms with van der Waals surface area (Å²) >= 11 is 0. The summed E-state index contributed by atoms with van der Waals surface area (Å²) in [7, 11) is 0. The van der Waals surface area contributed by atoms with Crippen molar-refractivity contribution in [2.75, 3.05) is 5.32 Å². The smallest absolute Gasteiger partial charge is 0.223 e. The van der Waals surface area contributed by atoms with Gasteiger partial charge in [-0.2, -0.15) is 0 Å². The average molecular weight is 482 g/mol. The molecule has 0 spiro atoms. The van der Waals surface area contributed by atoms with E-state index < -0.39 is 0 Å². The molecule has 1 atom stereocenters. The maximum absolute atomic E-state index is 13.4. The molecule has 1 N–H and O–H groups in total. The van der Waals surface area contributed by atoms with Crippen molar-refractivity contribution in [3.63, 3.8) is 0 Å². The Balaban J connectivity index is 1.44. The van der Waals surface area contributed by atoms with Gasteiger partial charge in [-0.05, 0) is 36.6 Å². The number of anilines is 1. The zero-order chi connectivity index (χ0) is 25.3. The monoisotopic (exact) mass is 481 g/mol. The van der Waals surface area contributed by atoms with Gasteiger partial charge in [-0.25, -0.2) is 4.98 Å². The van der Waals surface area contributed by atoms with Gasteiger partial charge in [-0.15, -0.1) is 0 Å². The van der Waals surface area contributed by atoms with Crippen LogP contribution in [0.25, 0.3) is 11.3 Å². The molecule has 0 bridgehead atoms. The van der Waals surface area contributed by atoms with E-state index in [1.165, 1.54) is 6.92 Å². The zero-order valence-corrected chi connectivity index (χ0v) is 20.7. The van der Waals surface area contributed by atoms with Crippen LogP contribution in [0.5, 0.6) is 0 Å². The SMILES string of the molecule is CC(=O)Nc1cccc(C(C)N(Cc2ccccc2)C(=O)CCCc2ncc(-c3ccccc3)o2)c1. The van der Waals surface area contributed by atoms with Gasteiger partial charge in [0.1, 0.15) is 0 Å². The number of aryl methyl sites for hydroxylation is 1. The van der Waals surface area contributed by atoms with E-state index in [0.717, 1.165) is 28.1 Å². The summed E-state index contributed by atoms with van der Waals surface area (Å²) in [5.74, 6) is 1.30. The van der Waals surface area contributed by atoms with Crippen LogP contribution in [0.2, 0.25) is 0 Å². The van der Waals surface area contributed by atoms with E-state index in [4.69, 9.17) is 4.42 Å². The Hall–Kier alpha value is -4.19. The highest BCUT2D eigenvalue weighted by atomic mass is 16.4. The number of carbonyl (C=O) groups is 2. The highest BCUT2D eigenvalue weighted by Crippen LogP contribution is 2.26. The summed E-state index contributed by atoms with van der Waals surface area (Å²) in [6.45, 7) is 4.01. The summed E-state index contributed by atoms with van der Waals surface area (Å²) in [5.41, 5.74) is 3.73. The van der Waals surface area contributed by atoms with Gasteiger partial charge >= 0.3 is 0 Å². The van der Waals surface area contributed by atoms with E-state index >= 15 is 0 Å². The van der Waals surface area contributed by atoms with Crippen LogP contribution in [-0.4, -0.2) is 21.7 Å². The van der Waals surface area contributed by atoms with E-state index in [1.54, 1.807) is 6.20 Å². The number of nitrogens with one attached hydrogen (secondary N) is 1. The number of amides is 2. The molecule has 2 amide bonds. The lowest BCUT2D eigenvalue weighted by Gasteiger charge is -2.30. The number of nitrogens with zero attached hydrogens (tertiary/aromatic N) is 2. The molecule has 3 aromatic carbocycles. The molecule has 0 aliphatic rings. The Kier molecular flexibility index (Phi) is 8.29. The molecule has 0 aliphatic heterocycles. The second-order valence-electron chi connectivity index (χ2n) is 8.83. The lowest BCUT2D eigenvalue weighted by Crippen LogP contribution is -2.33. The fourth-order valence-electron chi connectivity index (χ4n) is 4.18. The maximum atomic E-state index is 13.4. The number of oxazole rings is 1. The van der Waals surface area contributed by atoms with Crippen LogP contribution in [0.15, 0.2) is 95.5 Å². The standard InChI is InChI=1S/C30H31N3O3/c1-22(26-15-9-16-27(19-26)32-23(2)34)33(21-24-11-5-3-6-12-24)30(35)18-10-17-29-31-20-28(36-29)25-13-7-4-8-14-25/h3-9,11-16,19-20,22H,10,17-18,21H2,1-2H3,(H,32,34). The Morgan fingerprint density at radius 2 is 1.69 bits per heavy atom. The van der Waals surface area contributed by atoms with Gasteiger partial charge in [0, 0.05) is 37.6 Å². The molecule has 36 heavy (non-hydrogen) atoms. The second kappa shape index (κ2) is 12.0. The van der Waals surface area contributed by atoms with Gasteiger partial charge < -0.3 is 14.6 Å². The Bertz CT molecular complexity index is 1290. The number of benzene rings is 3. The minimum atomic E-state index is -0.169. The lowest BCUT2D eigenvalue weighted by atomic mass is 10.0. The molecule has 0 saturated heterocycles. The fraction of sp³-hybridized carbons (Fsp3) is 0.233. The van der Waals surface area contributed by atoms with Gasteiger partial charge in [0.25, 0.3) is 0 Å². The first kappa shape index (κ1) is 24.9. The molecule has 0 aliphatic carbocycles. The third-order valence-corrected chi connectivity index (χ3v) is 6.07. The molecule has 6 nitrogen and oxygen atoms in total. The summed E-state index contributed by atoms with van der Waals surface area (Å²) in [5, 5.41) is 2.82. The van der Waals surface area contributed by atoms with Crippen molar-refractivity contribution >= 4 is 17.5 Å². The molecule has 6 heteroatoms. The fourth-order valence-corrected chi connectivity index (χ4v) is 4.18. The summed E-state index contributed by atoms with van der Waals surface area (Å²) < 4.78 is 5.90. The van der Waals surface area contributed by atoms with E-state index in [1.807, 2.05) is 96.8 Å². The largest absolute Gasteiger partial charge is 0.441 e. The molecule has 0 radical (unpaired) electrons. The van der Waals surface area contributed by atoms with Crippen molar-refractivity contribution < 1.29 is 14.0 Å². The third-order valence-electron chi connectivity index (χ3n) is 6.07. The van der Waals surface area contributed by atoms with Gasteiger partial charge in [0.05, 0.1) is 12.2 Å². The summed E-state index contributed by atoms with van der Waals surface area (Å²) in [6, 6.07) is 27.3. The minimum Gasteiger partial charge on any atom is -0.441 e. The van der Waals surface area contributed by atoms with E-state index in [0.29, 0.717) is 31.7 Å². The Morgan fingerprint density at radius 3 is 2.42 bits per heavy atom. The molecule has 1 aromatic heterocycles. The van der Waals surface area contributed by atoms with Crippen LogP contribution < -0.4 is 5.32 Å². The van der Waals surface area contributed by atoms with Crippen LogP contribution in [-0.2, 0) is 22.6 Å². The molecular weight excluding hydrogens is 450 g/mol. The van der Waals surface area contributed by atoms with Crippen LogP contribution in [0.1, 0.15) is 49.7 Å². The Morgan fingerprint density at radius 1 is 0.972 bits per heavy atom.